The highest BCUT2D eigenvalue weighted by atomic mass is 16.4. The molecule has 11 N–H and O–H groups in total. The monoisotopic (exact) mass is 534 g/mol. The zero-order valence-corrected chi connectivity index (χ0v) is 20.3. The van der Waals surface area contributed by atoms with Crippen LogP contribution >= 0.6 is 0 Å². The molecule has 0 aliphatic rings. The Balaban J connectivity index is 2.20. The van der Waals surface area contributed by atoms with Gasteiger partial charge in [-0.25, -0.2) is 4.79 Å². The van der Waals surface area contributed by atoms with E-state index in [1.54, 1.807) is 30.5 Å². The third-order valence-corrected chi connectivity index (χ3v) is 5.59. The molecule has 0 aliphatic heterocycles. The summed E-state index contributed by atoms with van der Waals surface area (Å²) in [5, 5.41) is 35.5. The molecular weight excluding hydrogens is 504 g/mol. The van der Waals surface area contributed by atoms with E-state index in [0.29, 0.717) is 5.56 Å². The number of aliphatic carboxylic acids is 2. The van der Waals surface area contributed by atoms with Gasteiger partial charge < -0.3 is 47.7 Å². The van der Waals surface area contributed by atoms with Crippen molar-refractivity contribution in [3.8, 4) is 0 Å². The van der Waals surface area contributed by atoms with E-state index >= 15 is 0 Å². The first kappa shape index (κ1) is 29.7. The fourth-order valence-electron chi connectivity index (χ4n) is 3.55. The number of carbonyl (C=O) groups is 6. The first-order valence-electron chi connectivity index (χ1n) is 11.4. The van der Waals surface area contributed by atoms with Gasteiger partial charge in [0.15, 0.2) is 0 Å². The van der Waals surface area contributed by atoms with Crippen molar-refractivity contribution in [2.75, 3.05) is 0 Å². The molecule has 0 aliphatic carbocycles. The summed E-state index contributed by atoms with van der Waals surface area (Å²) in [5.41, 5.74) is 12.0. The van der Waals surface area contributed by atoms with Gasteiger partial charge in [-0.1, -0.05) is 18.2 Å². The molecule has 0 fully saturated rings. The van der Waals surface area contributed by atoms with Gasteiger partial charge in [0.25, 0.3) is 0 Å². The second kappa shape index (κ2) is 13.2. The summed E-state index contributed by atoms with van der Waals surface area (Å²) < 4.78 is 0. The van der Waals surface area contributed by atoms with E-state index in [4.69, 9.17) is 11.5 Å². The molecule has 0 saturated heterocycles. The summed E-state index contributed by atoms with van der Waals surface area (Å²) in [5.74, 6) is -7.21. The molecule has 2 aromatic rings. The van der Waals surface area contributed by atoms with Crippen LogP contribution in [0.4, 0.5) is 0 Å². The summed E-state index contributed by atoms with van der Waals surface area (Å²) in [6, 6.07) is 0.689. The lowest BCUT2D eigenvalue weighted by atomic mass is 10.0. The molecular formula is C23H30N6O9. The van der Waals surface area contributed by atoms with Crippen molar-refractivity contribution in [2.45, 2.75) is 56.5 Å². The van der Waals surface area contributed by atoms with E-state index in [0.717, 1.165) is 10.9 Å². The molecule has 15 nitrogen and oxygen atoms in total. The van der Waals surface area contributed by atoms with E-state index in [1.807, 2.05) is 0 Å². The van der Waals surface area contributed by atoms with Crippen molar-refractivity contribution in [3.63, 3.8) is 0 Å². The number of carboxylic acid groups (broad SMARTS) is 2. The average molecular weight is 535 g/mol. The second-order valence-corrected chi connectivity index (χ2v) is 8.62. The van der Waals surface area contributed by atoms with E-state index in [1.165, 1.54) is 6.92 Å². The fourth-order valence-corrected chi connectivity index (χ4v) is 3.55. The van der Waals surface area contributed by atoms with Gasteiger partial charge in [-0.05, 0) is 18.6 Å². The van der Waals surface area contributed by atoms with Crippen LogP contribution in [0.1, 0.15) is 25.3 Å². The number of fused-ring (bicyclic) bond motifs is 1. The van der Waals surface area contributed by atoms with E-state index in [9.17, 15) is 44.1 Å². The predicted octanol–water partition coefficient (Wildman–Crippen LogP) is -2.69. The van der Waals surface area contributed by atoms with Crippen molar-refractivity contribution in [2.24, 2.45) is 11.5 Å². The third-order valence-electron chi connectivity index (χ3n) is 5.59. The highest BCUT2D eigenvalue weighted by molar-refractivity contribution is 5.97. The van der Waals surface area contributed by atoms with Crippen LogP contribution in [0.15, 0.2) is 30.5 Å². The third kappa shape index (κ3) is 8.28. The van der Waals surface area contributed by atoms with Crippen LogP contribution in [0, 0.1) is 0 Å². The van der Waals surface area contributed by atoms with Gasteiger partial charge >= 0.3 is 11.9 Å². The van der Waals surface area contributed by atoms with E-state index in [-0.39, 0.29) is 6.42 Å². The standard InChI is InChI=1S/C23H30N6O9/c1-10(30)19(25)22(36)28-14(7-17(24)31)20(34)27-15(8-18(32)33)21(35)29-16(23(37)38)6-11-9-26-13-5-3-2-4-12(11)13/h2-5,9-10,14-16,19,26,30H,6-8,25H2,1H3,(H2,24,31)(H,27,34)(H,28,36)(H,29,35)(H,32,33)(H,37,38). The number of nitrogens with one attached hydrogen (secondary N) is 4. The summed E-state index contributed by atoms with van der Waals surface area (Å²) >= 11 is 0. The van der Waals surface area contributed by atoms with Crippen LogP contribution in [0.25, 0.3) is 10.9 Å². The van der Waals surface area contributed by atoms with Crippen LogP contribution in [0.5, 0.6) is 0 Å². The summed E-state index contributed by atoms with van der Waals surface area (Å²) in [6.45, 7) is 1.22. The fraction of sp³-hybridized carbons (Fsp3) is 0.391. The number of aliphatic hydroxyl groups is 1. The van der Waals surface area contributed by atoms with Gasteiger partial charge in [0.05, 0.1) is 18.9 Å². The lowest BCUT2D eigenvalue weighted by Gasteiger charge is -2.24. The number of primary amides is 1. The summed E-state index contributed by atoms with van der Waals surface area (Å²) in [7, 11) is 0. The molecule has 206 valence electrons. The number of benzene rings is 1. The summed E-state index contributed by atoms with van der Waals surface area (Å²) in [6.07, 6.45) is -1.55. The molecule has 2 rings (SSSR count). The van der Waals surface area contributed by atoms with Gasteiger partial charge in [0, 0.05) is 23.5 Å². The van der Waals surface area contributed by atoms with Gasteiger partial charge in [-0.3, -0.25) is 24.0 Å². The van der Waals surface area contributed by atoms with Crippen LogP contribution < -0.4 is 27.4 Å². The number of carboxylic acids is 2. The molecule has 5 unspecified atom stereocenters. The molecule has 0 saturated carbocycles. The van der Waals surface area contributed by atoms with Crippen LogP contribution in [0.2, 0.25) is 0 Å². The zero-order chi connectivity index (χ0) is 28.6. The number of aromatic amines is 1. The Kier molecular flexibility index (Phi) is 10.3. The molecule has 1 aromatic carbocycles. The number of carbonyl (C=O) groups excluding carboxylic acids is 4. The Hall–Kier alpha value is -4.50. The Morgan fingerprint density at radius 2 is 1.45 bits per heavy atom. The van der Waals surface area contributed by atoms with Crippen molar-refractivity contribution in [1.29, 1.82) is 0 Å². The first-order chi connectivity index (χ1) is 17.8. The Morgan fingerprint density at radius 1 is 0.895 bits per heavy atom. The molecule has 38 heavy (non-hydrogen) atoms. The largest absolute Gasteiger partial charge is 0.481 e. The number of hydrogen-bond acceptors (Lipinski definition) is 8. The van der Waals surface area contributed by atoms with Gasteiger partial charge in [0.2, 0.25) is 23.6 Å². The molecule has 15 heteroatoms. The van der Waals surface area contributed by atoms with Crippen LogP contribution in [0.3, 0.4) is 0 Å². The number of H-pyrrole nitrogens is 1. The van der Waals surface area contributed by atoms with Gasteiger partial charge in [-0.15, -0.1) is 0 Å². The van der Waals surface area contributed by atoms with Crippen molar-refractivity contribution in [3.05, 3.63) is 36.0 Å². The maximum absolute atomic E-state index is 12.9. The highest BCUT2D eigenvalue weighted by Crippen LogP contribution is 2.19. The summed E-state index contributed by atoms with van der Waals surface area (Å²) in [4.78, 5) is 75.5. The van der Waals surface area contributed by atoms with Gasteiger partial charge in [-0.2, -0.15) is 0 Å². The van der Waals surface area contributed by atoms with E-state index in [2.05, 4.69) is 20.9 Å². The number of para-hydroxylation sites is 1. The minimum Gasteiger partial charge on any atom is -0.481 e. The zero-order valence-electron chi connectivity index (χ0n) is 20.3. The lowest BCUT2D eigenvalue weighted by Crippen LogP contribution is -2.59. The lowest BCUT2D eigenvalue weighted by molar-refractivity contribution is -0.144. The average Bonchev–Trinajstić information content (AvgIpc) is 3.24. The molecule has 5 atom stereocenters. The molecule has 1 heterocycles. The number of hydrogen-bond donors (Lipinski definition) is 9. The number of rotatable bonds is 14. The van der Waals surface area contributed by atoms with Gasteiger partial charge in [0.1, 0.15) is 24.2 Å². The maximum Gasteiger partial charge on any atom is 0.326 e. The number of aliphatic hydroxyl groups excluding tert-OH is 1. The minimum atomic E-state index is -1.78. The SMILES string of the molecule is CC(O)C(N)C(=O)NC(CC(N)=O)C(=O)NC(CC(=O)O)C(=O)NC(Cc1c[nH]c2ccccc12)C(=O)O. The normalized spacial score (nSPS) is 14.9. The van der Waals surface area contributed by atoms with Crippen molar-refractivity contribution >= 4 is 46.5 Å². The topological polar surface area (TPSA) is 267 Å². The van der Waals surface area contributed by atoms with Crippen molar-refractivity contribution in [1.82, 2.24) is 20.9 Å². The Labute approximate surface area is 215 Å². The number of nitrogens with two attached hydrogens (primary N) is 2. The predicted molar refractivity (Wildman–Crippen MR) is 131 cm³/mol. The molecule has 0 spiro atoms. The molecule has 4 amide bonds. The van der Waals surface area contributed by atoms with Crippen LogP contribution in [-0.2, 0) is 35.2 Å². The second-order valence-electron chi connectivity index (χ2n) is 8.62. The quantitative estimate of drug-likeness (QED) is 0.121. The highest BCUT2D eigenvalue weighted by Gasteiger charge is 2.33. The smallest absolute Gasteiger partial charge is 0.326 e. The Morgan fingerprint density at radius 3 is 2.00 bits per heavy atom. The minimum absolute atomic E-state index is 0.156. The molecule has 0 radical (unpaired) electrons. The number of amides is 4. The van der Waals surface area contributed by atoms with Crippen molar-refractivity contribution < 1.29 is 44.1 Å². The van der Waals surface area contributed by atoms with Crippen LogP contribution in [-0.4, -0.2) is 86.1 Å². The Bertz CT molecular complexity index is 1210. The first-order valence-corrected chi connectivity index (χ1v) is 11.4. The van der Waals surface area contributed by atoms with E-state index < -0.39 is 78.7 Å². The maximum atomic E-state index is 12.9. The molecule has 0 bridgehead atoms. The number of aromatic nitrogens is 1. The molecule has 1 aromatic heterocycles.